The Hall–Kier alpha value is -5.69. The van der Waals surface area contributed by atoms with Crippen molar-refractivity contribution < 1.29 is 14.0 Å². The highest BCUT2D eigenvalue weighted by Gasteiger charge is 2.34. The topological polar surface area (TPSA) is 181 Å². The van der Waals surface area contributed by atoms with Crippen molar-refractivity contribution in [2.75, 3.05) is 56.9 Å². The van der Waals surface area contributed by atoms with Crippen LogP contribution in [0.4, 0.5) is 11.5 Å². The van der Waals surface area contributed by atoms with Crippen molar-refractivity contribution in [1.29, 1.82) is 10.8 Å². The summed E-state index contributed by atoms with van der Waals surface area (Å²) in [5.41, 5.74) is 11.9. The van der Waals surface area contributed by atoms with E-state index in [1.54, 1.807) is 49.2 Å². The third-order valence-corrected chi connectivity index (χ3v) is 9.18. The molecular weight excluding hydrogens is 632 g/mol. The molecule has 6 rings (SSSR count). The fourth-order valence-electron chi connectivity index (χ4n) is 6.47. The van der Waals surface area contributed by atoms with Crippen LogP contribution in [0.1, 0.15) is 48.0 Å². The van der Waals surface area contributed by atoms with Gasteiger partial charge in [-0.05, 0) is 67.8 Å². The number of fused-ring (bicyclic) bond motifs is 1. The van der Waals surface area contributed by atoms with Crippen LogP contribution in [0.2, 0.25) is 0 Å². The molecule has 0 bridgehead atoms. The molecule has 258 valence electrons. The van der Waals surface area contributed by atoms with E-state index in [-0.39, 0.29) is 41.5 Å². The van der Waals surface area contributed by atoms with Crippen LogP contribution >= 0.6 is 0 Å². The third kappa shape index (κ3) is 7.32. The lowest BCUT2D eigenvalue weighted by Gasteiger charge is -2.29. The van der Waals surface area contributed by atoms with Gasteiger partial charge in [0.05, 0.1) is 30.2 Å². The number of aryl methyl sites for hydroxylation is 1. The average molecular weight is 675 g/mol. The number of carbonyl (C=O) groups is 2. The van der Waals surface area contributed by atoms with Gasteiger partial charge < -0.3 is 20.4 Å². The van der Waals surface area contributed by atoms with Gasteiger partial charge in [-0.3, -0.25) is 30.2 Å². The van der Waals surface area contributed by atoms with Crippen LogP contribution in [0.25, 0.3) is 16.7 Å². The maximum Gasteiger partial charge on any atom is 0.237 e. The van der Waals surface area contributed by atoms with Crippen molar-refractivity contribution >= 4 is 57.9 Å². The van der Waals surface area contributed by atoms with E-state index < -0.39 is 0 Å². The molecule has 13 heteroatoms. The molecule has 1 fully saturated rings. The quantitative estimate of drug-likeness (QED) is 0.143. The van der Waals surface area contributed by atoms with Crippen molar-refractivity contribution in [2.45, 2.75) is 26.7 Å². The number of amides is 2. The lowest BCUT2D eigenvalue weighted by Crippen LogP contribution is -2.42. The van der Waals surface area contributed by atoms with Gasteiger partial charge >= 0.3 is 0 Å². The Balaban J connectivity index is 1.05. The predicted octanol–water partition coefficient (Wildman–Crippen LogP) is 4.09. The number of oxazole rings is 1. The van der Waals surface area contributed by atoms with Crippen LogP contribution < -0.4 is 16.0 Å². The van der Waals surface area contributed by atoms with Crippen molar-refractivity contribution in [3.63, 3.8) is 0 Å². The smallest absolute Gasteiger partial charge is 0.237 e. The fourth-order valence-corrected chi connectivity index (χ4v) is 6.47. The molecule has 0 saturated carbocycles. The number of rotatable bonds is 10. The number of aliphatic imine (C=N–C) groups is 1. The van der Waals surface area contributed by atoms with Crippen LogP contribution in [0.3, 0.4) is 0 Å². The van der Waals surface area contributed by atoms with Gasteiger partial charge in [0.2, 0.25) is 11.8 Å². The highest BCUT2D eigenvalue weighted by Crippen LogP contribution is 2.27. The van der Waals surface area contributed by atoms with Crippen molar-refractivity contribution in [3.05, 3.63) is 88.9 Å². The summed E-state index contributed by atoms with van der Waals surface area (Å²) in [6, 6.07) is 16.5. The molecule has 0 aliphatic carbocycles. The van der Waals surface area contributed by atoms with E-state index in [4.69, 9.17) is 26.0 Å². The number of likely N-dealkylation sites (tertiary alicyclic amines) is 1. The zero-order chi connectivity index (χ0) is 35.4. The highest BCUT2D eigenvalue weighted by atomic mass is 16.3. The van der Waals surface area contributed by atoms with Crippen LogP contribution in [0.15, 0.2) is 70.1 Å². The summed E-state index contributed by atoms with van der Waals surface area (Å²) in [6.07, 6.45) is 4.97. The molecule has 0 radical (unpaired) electrons. The average Bonchev–Trinajstić information content (AvgIpc) is 3.76. The van der Waals surface area contributed by atoms with Gasteiger partial charge in [-0.25, -0.2) is 15.0 Å². The van der Waals surface area contributed by atoms with Crippen molar-refractivity contribution in [1.82, 2.24) is 25.1 Å². The number of nitrogens with two attached hydrogens (primary N) is 1. The molecule has 2 amide bonds. The summed E-state index contributed by atoms with van der Waals surface area (Å²) in [5.74, 6) is 0.887. The number of pyridine rings is 1. The van der Waals surface area contributed by atoms with Crippen molar-refractivity contribution in [2.24, 2.45) is 10.9 Å². The lowest BCUT2D eigenvalue weighted by molar-refractivity contribution is -0.132. The number of nitrogens with zero attached hydrogens (tertiary/aromatic N) is 6. The Bertz CT molecular complexity index is 2000. The number of hydrogen-bond donors (Lipinski definition) is 4. The lowest BCUT2D eigenvalue weighted by atomic mass is 9.98. The van der Waals surface area contributed by atoms with Crippen LogP contribution in [0.5, 0.6) is 0 Å². The van der Waals surface area contributed by atoms with Gasteiger partial charge in [0, 0.05) is 51.3 Å². The minimum atomic E-state index is -0.274. The molecule has 4 aromatic rings. The zero-order valence-electron chi connectivity index (χ0n) is 28.6. The molecule has 13 nitrogen and oxygen atoms in total. The molecule has 2 aromatic carbocycles. The molecule has 50 heavy (non-hydrogen) atoms. The minimum Gasteiger partial charge on any atom is -0.441 e. The number of carbonyl (C=O) groups excluding carboxylic acids is 2. The highest BCUT2D eigenvalue weighted by molar-refractivity contribution is 6.14. The van der Waals surface area contributed by atoms with E-state index in [1.807, 2.05) is 36.1 Å². The number of aromatic nitrogens is 2. The molecule has 1 atom stereocenters. The van der Waals surface area contributed by atoms with Crippen LogP contribution in [-0.2, 0) is 9.59 Å². The van der Waals surface area contributed by atoms with Gasteiger partial charge in [-0.1, -0.05) is 30.3 Å². The Morgan fingerprint density at radius 1 is 1.10 bits per heavy atom. The first-order valence-electron chi connectivity index (χ1n) is 16.8. The third-order valence-electron chi connectivity index (χ3n) is 9.18. The number of nitrogen functional groups attached to an aromatic ring is 1. The molecular formula is C37H42N10O3. The summed E-state index contributed by atoms with van der Waals surface area (Å²) >= 11 is 0. The van der Waals surface area contributed by atoms with Gasteiger partial charge in [0.25, 0.3) is 0 Å². The normalized spacial score (nSPS) is 16.5. The Kier molecular flexibility index (Phi) is 10.1. The van der Waals surface area contributed by atoms with Gasteiger partial charge in [-0.2, -0.15) is 0 Å². The van der Waals surface area contributed by atoms with Crippen LogP contribution in [-0.4, -0.2) is 95.8 Å². The number of amidine groups is 1. The molecule has 4 heterocycles. The second kappa shape index (κ2) is 14.8. The summed E-state index contributed by atoms with van der Waals surface area (Å²) in [5, 5.41) is 19.7. The molecule has 0 spiro atoms. The summed E-state index contributed by atoms with van der Waals surface area (Å²) < 4.78 is 5.57. The maximum absolute atomic E-state index is 13.8. The van der Waals surface area contributed by atoms with Crippen LogP contribution in [0, 0.1) is 23.7 Å². The van der Waals surface area contributed by atoms with Crippen molar-refractivity contribution in [3.8, 4) is 0 Å². The molecule has 2 aliphatic heterocycles. The van der Waals surface area contributed by atoms with E-state index in [0.717, 1.165) is 17.5 Å². The first-order valence-corrected chi connectivity index (χ1v) is 16.8. The van der Waals surface area contributed by atoms with E-state index >= 15 is 0 Å². The first-order chi connectivity index (χ1) is 24.1. The molecule has 0 unspecified atom stereocenters. The van der Waals surface area contributed by atoms with Gasteiger partial charge in [0.1, 0.15) is 17.0 Å². The fraction of sp³-hybridized carbons (Fsp3) is 0.324. The van der Waals surface area contributed by atoms with E-state index in [0.29, 0.717) is 73.2 Å². The van der Waals surface area contributed by atoms with E-state index in [9.17, 15) is 9.59 Å². The second-order valence-electron chi connectivity index (χ2n) is 12.5. The zero-order valence-corrected chi connectivity index (χ0v) is 28.6. The largest absolute Gasteiger partial charge is 0.441 e. The Morgan fingerprint density at radius 3 is 2.60 bits per heavy atom. The standard InChI is InChI=1S/C37H42N10O3/c1-4-47(32-12-10-29(38)35(44-32)34(39)27-9-11-31-30(19-27)43-23(2)50-31)37(49)28-13-16-45(20-28)21-33(48)46-17-14-25(15-18-46)24-5-7-26(8-6-24)36(40)42-22-41-3/h5-12,14,19,22,28,39H,4,13,15-18,20-21,38H2,1-3H3,(H2,40,41,42)/t28-/m1/s1. The SMILES string of the molecule is CCN(C(=O)[C@@H]1CCN(CC(=O)N2CC=C(c3ccc(C(=N)/N=C\NC)cc3)CC2)C1)c1ccc(N)c(C(=N)c2ccc3oc(C)nc3c2)n1. The van der Waals surface area contributed by atoms with E-state index in [2.05, 4.69) is 26.3 Å². The summed E-state index contributed by atoms with van der Waals surface area (Å²) in [6.45, 7) is 6.64. The monoisotopic (exact) mass is 674 g/mol. The molecule has 5 N–H and O–H groups in total. The Morgan fingerprint density at radius 2 is 1.88 bits per heavy atom. The minimum absolute atomic E-state index is 0.0502. The summed E-state index contributed by atoms with van der Waals surface area (Å²) in [4.78, 5) is 45.7. The molecule has 2 aromatic heterocycles. The first kappa shape index (κ1) is 34.2. The number of benzene rings is 2. The van der Waals surface area contributed by atoms with Gasteiger partial charge in [0.15, 0.2) is 17.3 Å². The number of nitrogens with one attached hydrogen (secondary N) is 3. The van der Waals surface area contributed by atoms with E-state index in [1.165, 1.54) is 11.9 Å². The predicted molar refractivity (Wildman–Crippen MR) is 196 cm³/mol. The molecule has 2 aliphatic rings. The van der Waals surface area contributed by atoms with Gasteiger partial charge in [-0.15, -0.1) is 0 Å². The number of hydrogen-bond acceptors (Lipinski definition) is 9. The summed E-state index contributed by atoms with van der Waals surface area (Å²) in [7, 11) is 1.74. The molecule has 1 saturated heterocycles. The Labute approximate surface area is 290 Å². The second-order valence-corrected chi connectivity index (χ2v) is 12.5. The number of anilines is 2. The maximum atomic E-state index is 13.8.